The van der Waals surface area contributed by atoms with E-state index in [1.807, 2.05) is 0 Å². The van der Waals surface area contributed by atoms with Crippen LogP contribution in [-0.4, -0.2) is 0 Å². The van der Waals surface area contributed by atoms with Crippen molar-refractivity contribution in [3.05, 3.63) is 166 Å². The second-order valence-electron chi connectivity index (χ2n) is 17.8. The topological polar surface area (TPSA) is 0 Å². The molecule has 0 unspecified atom stereocenters. The summed E-state index contributed by atoms with van der Waals surface area (Å²) in [6.45, 7) is 16.4. The minimum atomic E-state index is -0.158. The van der Waals surface area contributed by atoms with Crippen LogP contribution in [0.2, 0.25) is 0 Å². The van der Waals surface area contributed by atoms with Gasteiger partial charge in [0.15, 0.2) is 0 Å². The van der Waals surface area contributed by atoms with E-state index in [1.165, 1.54) is 143 Å². The lowest BCUT2D eigenvalue weighted by Gasteiger charge is -2.24. The molecule has 0 heterocycles. The zero-order chi connectivity index (χ0) is 37.6. The molecule has 4 aliphatic carbocycles. The highest BCUT2D eigenvalue weighted by molar-refractivity contribution is 6.31. The normalized spacial score (nSPS) is 16.1. The number of hydrogen-bond donors (Lipinski definition) is 0. The van der Waals surface area contributed by atoms with E-state index in [1.54, 1.807) is 0 Å². The van der Waals surface area contributed by atoms with Gasteiger partial charge in [-0.2, -0.15) is 0 Å². The third-order valence-corrected chi connectivity index (χ3v) is 14.5. The highest BCUT2D eigenvalue weighted by Gasteiger charge is 2.42. The summed E-state index contributed by atoms with van der Waals surface area (Å²) in [5.74, 6) is 0. The minimum Gasteiger partial charge on any atom is -0.0984 e. The summed E-state index contributed by atoms with van der Waals surface area (Å²) in [5, 5.41) is 13.7. The van der Waals surface area contributed by atoms with Crippen LogP contribution in [0.25, 0.3) is 110 Å². The van der Waals surface area contributed by atoms with Crippen LogP contribution in [0.5, 0.6) is 0 Å². The monoisotopic (exact) mass is 712 g/mol. The molecule has 0 N–H and O–H groups in total. The largest absolute Gasteiger partial charge is 0.0984 e. The highest BCUT2D eigenvalue weighted by atomic mass is 14.4. The van der Waals surface area contributed by atoms with Gasteiger partial charge in [-0.15, -0.1) is 0 Å². The molecule has 0 aliphatic heterocycles. The van der Waals surface area contributed by atoms with Crippen molar-refractivity contribution in [1.82, 2.24) is 0 Å². The van der Waals surface area contributed by atoms with Gasteiger partial charge in [0.1, 0.15) is 0 Å². The van der Waals surface area contributed by atoms with Crippen molar-refractivity contribution in [3.8, 4) is 55.6 Å². The third kappa shape index (κ3) is 3.34. The van der Waals surface area contributed by atoms with Crippen LogP contribution in [0.4, 0.5) is 0 Å². The first-order valence-corrected chi connectivity index (χ1v) is 20.4. The molecule has 0 atom stereocenters. The average molecular weight is 713 g/mol. The fourth-order valence-electron chi connectivity index (χ4n) is 12.1. The molecule has 56 heavy (non-hydrogen) atoms. The van der Waals surface area contributed by atoms with Crippen LogP contribution in [0, 0.1) is 0 Å². The summed E-state index contributed by atoms with van der Waals surface area (Å²) >= 11 is 0. The first kappa shape index (κ1) is 31.0. The van der Waals surface area contributed by atoms with Gasteiger partial charge in [0.25, 0.3) is 0 Å². The molecular formula is C56H40. The fourth-order valence-corrected chi connectivity index (χ4v) is 12.1. The third-order valence-electron chi connectivity index (χ3n) is 14.5. The Labute approximate surface area is 327 Å². The van der Waals surface area contributed by atoms with Gasteiger partial charge in [0.05, 0.1) is 0 Å². The van der Waals surface area contributed by atoms with E-state index in [2.05, 4.69) is 169 Å². The van der Waals surface area contributed by atoms with Gasteiger partial charge in [-0.25, -0.2) is 0 Å². The molecule has 0 spiro atoms. The molecule has 0 fully saturated rings. The Hall–Kier alpha value is -6.24. The van der Waals surface area contributed by atoms with Crippen LogP contribution >= 0.6 is 0 Å². The molecule has 0 aromatic heterocycles. The summed E-state index contributed by atoms with van der Waals surface area (Å²) in [4.78, 5) is 0. The molecule has 4 aliphatic rings. The Morgan fingerprint density at radius 2 is 0.946 bits per heavy atom. The molecule has 0 saturated carbocycles. The van der Waals surface area contributed by atoms with Gasteiger partial charge in [-0.3, -0.25) is 0 Å². The summed E-state index contributed by atoms with van der Waals surface area (Å²) in [7, 11) is 0. The van der Waals surface area contributed by atoms with E-state index in [4.69, 9.17) is 0 Å². The van der Waals surface area contributed by atoms with Gasteiger partial charge in [0, 0.05) is 10.8 Å². The summed E-state index contributed by atoms with van der Waals surface area (Å²) in [5.41, 5.74) is 21.8. The Morgan fingerprint density at radius 1 is 0.464 bits per heavy atom. The second kappa shape index (κ2) is 9.94. The van der Waals surface area contributed by atoms with Crippen molar-refractivity contribution in [3.63, 3.8) is 0 Å². The quantitative estimate of drug-likeness (QED) is 0.157. The number of fused-ring (bicyclic) bond motifs is 15. The van der Waals surface area contributed by atoms with E-state index in [9.17, 15) is 0 Å². The van der Waals surface area contributed by atoms with E-state index in [0.717, 1.165) is 6.42 Å². The van der Waals surface area contributed by atoms with E-state index in [-0.39, 0.29) is 10.8 Å². The maximum atomic E-state index is 4.36. The van der Waals surface area contributed by atoms with E-state index < -0.39 is 0 Å². The second-order valence-corrected chi connectivity index (χ2v) is 17.8. The summed E-state index contributed by atoms with van der Waals surface area (Å²) in [6, 6.07) is 44.8. The standard InChI is InChI=1S/C56H40/c1-7-14-37-49-31(8-2)32-15-9-11-17-34(32)41(49)27-45-51(37)53-39-23-21-30-26-44-54(40-24-22-29(47(39)48(30)40)25-43(53)55(45,3)4)52-38-20-13-19-36-33-16-10-12-18-35(33)42(50(36)38)28-46(52)56(44,5)6/h8-28H,2,7H2,1,3-6H3. The van der Waals surface area contributed by atoms with Crippen LogP contribution in [-0.2, 0) is 10.8 Å². The number of rotatable bonds is 2. The fraction of sp³-hybridized carbons (Fsp3) is 0.143. The Bertz CT molecular complexity index is 3510. The first-order chi connectivity index (χ1) is 27.2. The van der Waals surface area contributed by atoms with Gasteiger partial charge < -0.3 is 0 Å². The van der Waals surface area contributed by atoms with Crippen molar-refractivity contribution < 1.29 is 0 Å². The van der Waals surface area contributed by atoms with E-state index >= 15 is 0 Å². The minimum absolute atomic E-state index is 0.139. The van der Waals surface area contributed by atoms with Crippen molar-refractivity contribution in [2.24, 2.45) is 0 Å². The lowest BCUT2D eigenvalue weighted by Crippen LogP contribution is -2.30. The molecule has 0 saturated heterocycles. The zero-order valence-corrected chi connectivity index (χ0v) is 32.5. The maximum Gasteiger partial charge on any atom is 0.0159 e. The average Bonchev–Trinajstić information content (AvgIpc) is 3.86. The summed E-state index contributed by atoms with van der Waals surface area (Å²) < 4.78 is 0. The van der Waals surface area contributed by atoms with Crippen LogP contribution in [0.1, 0.15) is 68.9 Å². The van der Waals surface area contributed by atoms with Crippen LogP contribution in [0.15, 0.2) is 128 Å². The molecular weight excluding hydrogens is 673 g/mol. The highest BCUT2D eigenvalue weighted by Crippen LogP contribution is 2.60. The molecule has 0 bridgehead atoms. The number of allylic oxidation sites excluding steroid dienone is 1. The van der Waals surface area contributed by atoms with Crippen molar-refractivity contribution in [1.29, 1.82) is 0 Å². The molecule has 0 nitrogen and oxygen atoms in total. The van der Waals surface area contributed by atoms with Crippen LogP contribution in [0.3, 0.4) is 0 Å². The molecule has 0 heteroatoms. The molecule has 9 aromatic rings. The predicted octanol–water partition coefficient (Wildman–Crippen LogP) is 13.6. The molecule has 0 amide bonds. The SMILES string of the molecule is C=CC1=c2c(cc3c(c2=CCC)-c2c(cc4ccc5c6c(cc7ccc2c4c75)C(C)(C)c2cc4c5c(cccc5c2-6)-c2ccccc2-4)C3(C)C)-c2ccccc21. The van der Waals surface area contributed by atoms with Crippen molar-refractivity contribution in [2.75, 3.05) is 0 Å². The Kier molecular flexibility index (Phi) is 5.51. The molecule has 9 aromatic carbocycles. The van der Waals surface area contributed by atoms with Gasteiger partial charge in [0.2, 0.25) is 0 Å². The van der Waals surface area contributed by atoms with Crippen molar-refractivity contribution in [2.45, 2.75) is 51.9 Å². The molecule has 0 radical (unpaired) electrons. The van der Waals surface area contributed by atoms with Crippen molar-refractivity contribution >= 4 is 54.7 Å². The lowest BCUT2D eigenvalue weighted by molar-refractivity contribution is 0.661. The van der Waals surface area contributed by atoms with Gasteiger partial charge in [-0.1, -0.05) is 144 Å². The van der Waals surface area contributed by atoms with E-state index in [0.29, 0.717) is 0 Å². The number of hydrogen-bond acceptors (Lipinski definition) is 0. The lowest BCUT2D eigenvalue weighted by atomic mass is 9.78. The predicted molar refractivity (Wildman–Crippen MR) is 239 cm³/mol. The Morgan fingerprint density at radius 3 is 1.55 bits per heavy atom. The smallest absolute Gasteiger partial charge is 0.0159 e. The van der Waals surface area contributed by atoms with Crippen LogP contribution < -0.4 is 10.4 Å². The summed E-state index contributed by atoms with van der Waals surface area (Å²) in [6.07, 6.45) is 5.54. The first-order valence-electron chi connectivity index (χ1n) is 20.4. The van der Waals surface area contributed by atoms with Gasteiger partial charge in [-0.05, 0) is 173 Å². The molecule has 13 rings (SSSR count). The number of benzene rings is 9. The Balaban J connectivity index is 1.17. The van der Waals surface area contributed by atoms with Gasteiger partial charge >= 0.3 is 0 Å². The maximum absolute atomic E-state index is 4.36. The zero-order valence-electron chi connectivity index (χ0n) is 32.5. The molecule has 264 valence electrons.